The van der Waals surface area contributed by atoms with Crippen molar-refractivity contribution in [3.8, 4) is 22.9 Å². The van der Waals surface area contributed by atoms with Gasteiger partial charge in [-0.2, -0.15) is 5.26 Å². The summed E-state index contributed by atoms with van der Waals surface area (Å²) in [7, 11) is 0. The maximum atomic E-state index is 9.43. The Balaban J connectivity index is 1.69. The molecule has 0 radical (unpaired) electrons. The van der Waals surface area contributed by atoms with Crippen LogP contribution in [0.15, 0.2) is 42.5 Å². The number of nitrogens with zero attached hydrogens (tertiary/aromatic N) is 1. The minimum atomic E-state index is 0.610. The molecule has 2 aromatic rings. The van der Waals surface area contributed by atoms with Crippen molar-refractivity contribution in [2.75, 3.05) is 6.61 Å². The Hall–Kier alpha value is -2.27. The highest BCUT2D eigenvalue weighted by atomic mass is 16.5. The van der Waals surface area contributed by atoms with Crippen molar-refractivity contribution in [2.45, 2.75) is 64.7 Å². The Morgan fingerprint density at radius 1 is 0.926 bits per heavy atom. The average molecular weight is 362 g/mol. The van der Waals surface area contributed by atoms with Crippen LogP contribution in [0.3, 0.4) is 0 Å². The van der Waals surface area contributed by atoms with Crippen LogP contribution in [-0.2, 0) is 0 Å². The van der Waals surface area contributed by atoms with Crippen LogP contribution in [0.1, 0.15) is 75.8 Å². The van der Waals surface area contributed by atoms with Crippen LogP contribution in [0.5, 0.6) is 5.75 Å². The second-order valence-corrected chi connectivity index (χ2v) is 7.80. The van der Waals surface area contributed by atoms with Gasteiger partial charge in [0.15, 0.2) is 0 Å². The zero-order chi connectivity index (χ0) is 19.1. The largest absolute Gasteiger partial charge is 0.492 e. The maximum absolute atomic E-state index is 9.43. The van der Waals surface area contributed by atoms with E-state index in [2.05, 4.69) is 50.2 Å². The van der Waals surface area contributed by atoms with Crippen LogP contribution >= 0.6 is 0 Å². The topological polar surface area (TPSA) is 33.0 Å². The van der Waals surface area contributed by atoms with E-state index in [0.717, 1.165) is 23.5 Å². The Labute approximate surface area is 164 Å². The quantitative estimate of drug-likeness (QED) is 0.527. The summed E-state index contributed by atoms with van der Waals surface area (Å²) < 4.78 is 5.67. The molecular weight excluding hydrogens is 330 g/mol. The molecule has 1 aliphatic rings. The van der Waals surface area contributed by atoms with Gasteiger partial charge in [0.25, 0.3) is 0 Å². The molecular formula is C25H31NO. The Kier molecular flexibility index (Phi) is 6.93. The number of hydrogen-bond donors (Lipinski definition) is 0. The van der Waals surface area contributed by atoms with E-state index < -0.39 is 0 Å². The molecule has 0 N–H and O–H groups in total. The van der Waals surface area contributed by atoms with E-state index in [1.807, 2.05) is 12.1 Å². The first-order valence-electron chi connectivity index (χ1n) is 10.5. The van der Waals surface area contributed by atoms with E-state index >= 15 is 0 Å². The number of benzene rings is 2. The highest BCUT2D eigenvalue weighted by Crippen LogP contribution is 2.38. The van der Waals surface area contributed by atoms with Gasteiger partial charge in [-0.25, -0.2) is 0 Å². The monoisotopic (exact) mass is 361 g/mol. The molecule has 0 aromatic heterocycles. The van der Waals surface area contributed by atoms with Crippen LogP contribution < -0.4 is 4.74 Å². The first-order valence-corrected chi connectivity index (χ1v) is 10.5. The van der Waals surface area contributed by atoms with E-state index in [9.17, 15) is 5.26 Å². The molecule has 0 amide bonds. The Morgan fingerprint density at radius 3 is 2.26 bits per heavy atom. The van der Waals surface area contributed by atoms with Gasteiger partial charge in [0.1, 0.15) is 11.8 Å². The zero-order valence-electron chi connectivity index (χ0n) is 16.7. The lowest BCUT2D eigenvalue weighted by molar-refractivity contribution is 0.308. The third kappa shape index (κ3) is 4.92. The predicted octanol–water partition coefficient (Wildman–Crippen LogP) is 7.09. The van der Waals surface area contributed by atoms with Crippen molar-refractivity contribution in [1.82, 2.24) is 0 Å². The molecule has 0 aliphatic heterocycles. The molecule has 1 aliphatic carbocycles. The molecule has 27 heavy (non-hydrogen) atoms. The first kappa shape index (κ1) is 19.5. The second kappa shape index (κ2) is 9.60. The zero-order valence-corrected chi connectivity index (χ0v) is 16.7. The number of rotatable bonds is 7. The molecule has 0 spiro atoms. The van der Waals surface area contributed by atoms with Crippen LogP contribution in [0, 0.1) is 17.2 Å². The van der Waals surface area contributed by atoms with Gasteiger partial charge in [-0.1, -0.05) is 57.0 Å². The van der Waals surface area contributed by atoms with Crippen molar-refractivity contribution < 1.29 is 4.74 Å². The van der Waals surface area contributed by atoms with Crippen LogP contribution in [0.4, 0.5) is 0 Å². The van der Waals surface area contributed by atoms with E-state index in [-0.39, 0.29) is 0 Å². The third-order valence-electron chi connectivity index (χ3n) is 5.82. The summed E-state index contributed by atoms with van der Waals surface area (Å²) in [6.07, 6.45) is 9.06. The fourth-order valence-electron chi connectivity index (χ4n) is 4.28. The van der Waals surface area contributed by atoms with Gasteiger partial charge in [0, 0.05) is 0 Å². The number of nitriles is 1. The summed E-state index contributed by atoms with van der Waals surface area (Å²) in [6.45, 7) is 5.01. The van der Waals surface area contributed by atoms with Crippen molar-refractivity contribution in [3.05, 3.63) is 53.6 Å². The number of hydrogen-bond acceptors (Lipinski definition) is 2. The normalized spacial score (nSPS) is 19.4. The minimum Gasteiger partial charge on any atom is -0.492 e. The predicted molar refractivity (Wildman–Crippen MR) is 112 cm³/mol. The molecule has 3 rings (SSSR count). The van der Waals surface area contributed by atoms with Crippen molar-refractivity contribution in [3.63, 3.8) is 0 Å². The van der Waals surface area contributed by atoms with Gasteiger partial charge < -0.3 is 4.74 Å². The molecule has 1 fully saturated rings. The Morgan fingerprint density at radius 2 is 1.63 bits per heavy atom. The van der Waals surface area contributed by atoms with Crippen molar-refractivity contribution >= 4 is 0 Å². The highest BCUT2D eigenvalue weighted by molar-refractivity contribution is 5.67. The molecule has 2 nitrogen and oxygen atoms in total. The standard InChI is InChI=1S/C25H31NO/c1-3-5-19-6-8-20(9-7-19)21-10-12-22(13-11-21)23-14-15-25(27-16-4-2)24(17-23)18-26/h10-15,17,19-20H,3-9,16H2,1-2H3/t19-,20-. The Bertz CT molecular complexity index is 764. The van der Waals surface area contributed by atoms with E-state index in [0.29, 0.717) is 23.8 Å². The van der Waals surface area contributed by atoms with Gasteiger partial charge in [0.2, 0.25) is 0 Å². The van der Waals surface area contributed by atoms with Gasteiger partial charge in [0.05, 0.1) is 12.2 Å². The highest BCUT2D eigenvalue weighted by Gasteiger charge is 2.21. The third-order valence-corrected chi connectivity index (χ3v) is 5.82. The summed E-state index contributed by atoms with van der Waals surface area (Å²) in [5, 5.41) is 9.43. The summed E-state index contributed by atoms with van der Waals surface area (Å²) in [5.41, 5.74) is 4.32. The van der Waals surface area contributed by atoms with Crippen LogP contribution in [-0.4, -0.2) is 6.61 Å². The summed E-state index contributed by atoms with van der Waals surface area (Å²) in [6, 6.07) is 17.2. The van der Waals surface area contributed by atoms with E-state index in [1.54, 1.807) is 0 Å². The molecule has 2 heteroatoms. The molecule has 0 saturated heterocycles. The molecule has 0 atom stereocenters. The SMILES string of the molecule is CCCOc1ccc(-c2ccc([C@H]3CC[C@H](CCC)CC3)cc2)cc1C#N. The van der Waals surface area contributed by atoms with E-state index in [4.69, 9.17) is 4.74 Å². The van der Waals surface area contributed by atoms with Crippen LogP contribution in [0.25, 0.3) is 11.1 Å². The first-order chi connectivity index (χ1) is 13.2. The van der Waals surface area contributed by atoms with Gasteiger partial charge in [-0.15, -0.1) is 0 Å². The van der Waals surface area contributed by atoms with Gasteiger partial charge in [-0.3, -0.25) is 0 Å². The summed E-state index contributed by atoms with van der Waals surface area (Å²) in [4.78, 5) is 0. The molecule has 0 bridgehead atoms. The molecule has 2 aromatic carbocycles. The number of ether oxygens (including phenoxy) is 1. The summed E-state index contributed by atoms with van der Waals surface area (Å²) in [5.74, 6) is 2.35. The average Bonchev–Trinajstić information content (AvgIpc) is 2.73. The van der Waals surface area contributed by atoms with Crippen molar-refractivity contribution in [2.24, 2.45) is 5.92 Å². The smallest absolute Gasteiger partial charge is 0.137 e. The lowest BCUT2D eigenvalue weighted by atomic mass is 9.77. The van der Waals surface area contributed by atoms with Crippen LogP contribution in [0.2, 0.25) is 0 Å². The lowest BCUT2D eigenvalue weighted by Gasteiger charge is -2.28. The van der Waals surface area contributed by atoms with Gasteiger partial charge in [-0.05, 0) is 72.8 Å². The molecule has 0 unspecified atom stereocenters. The van der Waals surface area contributed by atoms with Crippen molar-refractivity contribution in [1.29, 1.82) is 5.26 Å². The molecule has 142 valence electrons. The fourth-order valence-corrected chi connectivity index (χ4v) is 4.28. The minimum absolute atomic E-state index is 0.610. The molecule has 1 saturated carbocycles. The van der Waals surface area contributed by atoms with E-state index in [1.165, 1.54) is 44.1 Å². The molecule has 0 heterocycles. The fraction of sp³-hybridized carbons (Fsp3) is 0.480. The van der Waals surface area contributed by atoms with Gasteiger partial charge >= 0.3 is 0 Å². The summed E-state index contributed by atoms with van der Waals surface area (Å²) >= 11 is 0. The lowest BCUT2D eigenvalue weighted by Crippen LogP contribution is -2.13. The second-order valence-electron chi connectivity index (χ2n) is 7.80. The maximum Gasteiger partial charge on any atom is 0.137 e.